The zero-order chi connectivity index (χ0) is 25.8. The van der Waals surface area contributed by atoms with Crippen LogP contribution in [0.1, 0.15) is 106 Å². The molecule has 196 valence electrons. The first-order valence-electron chi connectivity index (χ1n) is 13.9. The van der Waals surface area contributed by atoms with Crippen LogP contribution in [0, 0.1) is 29.1 Å². The fourth-order valence-corrected chi connectivity index (χ4v) is 7.34. The molecule has 4 heteroatoms. The van der Waals surface area contributed by atoms with Gasteiger partial charge in [-0.2, -0.15) is 0 Å². The Bertz CT molecular complexity index is 850. The molecule has 0 aliphatic heterocycles. The predicted molar refractivity (Wildman–Crippen MR) is 142 cm³/mol. The molecule has 0 aromatic heterocycles. The van der Waals surface area contributed by atoms with E-state index in [9.17, 15) is 9.59 Å². The number of allylic oxidation sites excluding steroid dienone is 3. The minimum atomic E-state index is -0.436. The van der Waals surface area contributed by atoms with Crippen LogP contribution >= 0.6 is 0 Å². The number of rotatable bonds is 8. The summed E-state index contributed by atoms with van der Waals surface area (Å²) in [6.07, 6.45) is 15.3. The van der Waals surface area contributed by atoms with Crippen molar-refractivity contribution >= 4 is 11.9 Å². The lowest BCUT2D eigenvalue weighted by Crippen LogP contribution is -2.36. The highest BCUT2D eigenvalue weighted by atomic mass is 16.6. The molecule has 3 rings (SSSR count). The Morgan fingerprint density at radius 2 is 1.80 bits per heavy atom. The second-order valence-corrected chi connectivity index (χ2v) is 12.1. The predicted octanol–water partition coefficient (Wildman–Crippen LogP) is 7.73. The highest BCUT2D eigenvalue weighted by molar-refractivity contribution is 5.67. The topological polar surface area (TPSA) is 52.6 Å². The van der Waals surface area contributed by atoms with E-state index in [1.54, 1.807) is 5.57 Å². The van der Waals surface area contributed by atoms with Gasteiger partial charge in [-0.3, -0.25) is 9.59 Å². The molecular weight excluding hydrogens is 436 g/mol. The quantitative estimate of drug-likeness (QED) is 0.331. The Labute approximate surface area is 213 Å². The summed E-state index contributed by atoms with van der Waals surface area (Å²) in [5, 5.41) is 0. The van der Waals surface area contributed by atoms with Gasteiger partial charge in [0.25, 0.3) is 0 Å². The van der Waals surface area contributed by atoms with E-state index < -0.39 is 6.10 Å². The maximum Gasteiger partial charge on any atom is 0.303 e. The van der Waals surface area contributed by atoms with Gasteiger partial charge in [0, 0.05) is 26.7 Å². The average molecular weight is 485 g/mol. The smallest absolute Gasteiger partial charge is 0.303 e. The van der Waals surface area contributed by atoms with Gasteiger partial charge in [-0.25, -0.2) is 0 Å². The van der Waals surface area contributed by atoms with Crippen molar-refractivity contribution < 1.29 is 19.1 Å². The highest BCUT2D eigenvalue weighted by Gasteiger charge is 2.50. The van der Waals surface area contributed by atoms with E-state index in [0.717, 1.165) is 35.3 Å². The molecule has 0 radical (unpaired) electrons. The van der Waals surface area contributed by atoms with Crippen molar-refractivity contribution in [2.75, 3.05) is 0 Å². The van der Waals surface area contributed by atoms with E-state index in [4.69, 9.17) is 9.47 Å². The van der Waals surface area contributed by atoms with Gasteiger partial charge in [0.1, 0.15) is 12.2 Å². The SMILES string of the molecule is C=C1/C(=C\C=C2CCC[C@@]3(C)C2CC[C@@H]3[C@H](C)CCCC(C)C)C[C@H](OC(C)=O)C[C@H]1OC(C)=O. The summed E-state index contributed by atoms with van der Waals surface area (Å²) >= 11 is 0. The molecule has 3 aliphatic carbocycles. The Hall–Kier alpha value is -1.84. The fraction of sp³-hybridized carbons (Fsp3) is 0.742. The first-order valence-corrected chi connectivity index (χ1v) is 13.9. The first kappa shape index (κ1) is 27.7. The third-order valence-electron chi connectivity index (χ3n) is 9.03. The normalized spacial score (nSPS) is 34.2. The highest BCUT2D eigenvalue weighted by Crippen LogP contribution is 2.60. The molecule has 0 aromatic carbocycles. The number of esters is 2. The molecule has 6 atom stereocenters. The molecule has 4 nitrogen and oxygen atoms in total. The van der Waals surface area contributed by atoms with E-state index in [-0.39, 0.29) is 18.0 Å². The number of carbonyl (C=O) groups excluding carboxylic acids is 2. The zero-order valence-electron chi connectivity index (χ0n) is 23.0. The van der Waals surface area contributed by atoms with Gasteiger partial charge in [0.15, 0.2) is 0 Å². The van der Waals surface area contributed by atoms with Crippen molar-refractivity contribution in [1.82, 2.24) is 0 Å². The van der Waals surface area contributed by atoms with Gasteiger partial charge in [-0.1, -0.05) is 71.3 Å². The first-order chi connectivity index (χ1) is 16.5. The van der Waals surface area contributed by atoms with Gasteiger partial charge < -0.3 is 9.47 Å². The molecule has 3 saturated carbocycles. The van der Waals surface area contributed by atoms with E-state index in [2.05, 4.69) is 46.4 Å². The van der Waals surface area contributed by atoms with E-state index in [1.165, 1.54) is 58.8 Å². The van der Waals surface area contributed by atoms with Crippen molar-refractivity contribution in [3.05, 3.63) is 35.5 Å². The van der Waals surface area contributed by atoms with Gasteiger partial charge in [-0.05, 0) is 72.3 Å². The molecular formula is C31H48O4. The van der Waals surface area contributed by atoms with Crippen LogP contribution in [0.4, 0.5) is 0 Å². The van der Waals surface area contributed by atoms with Crippen molar-refractivity contribution in [3.8, 4) is 0 Å². The lowest BCUT2D eigenvalue weighted by Gasteiger charge is -2.44. The minimum absolute atomic E-state index is 0.286. The van der Waals surface area contributed by atoms with Crippen molar-refractivity contribution in [2.45, 2.75) is 118 Å². The van der Waals surface area contributed by atoms with Crippen LogP contribution in [0.3, 0.4) is 0 Å². The van der Waals surface area contributed by atoms with Crippen LogP contribution in [0.2, 0.25) is 0 Å². The molecule has 0 heterocycles. The Kier molecular flexibility index (Phi) is 9.46. The van der Waals surface area contributed by atoms with Crippen LogP contribution in [-0.2, 0) is 19.1 Å². The molecule has 0 amide bonds. The third-order valence-corrected chi connectivity index (χ3v) is 9.03. The molecule has 0 N–H and O–H groups in total. The molecule has 3 aliphatic rings. The number of hydrogen-bond donors (Lipinski definition) is 0. The summed E-state index contributed by atoms with van der Waals surface area (Å²) in [5.41, 5.74) is 3.83. The molecule has 35 heavy (non-hydrogen) atoms. The lowest BCUT2D eigenvalue weighted by atomic mass is 9.60. The summed E-state index contributed by atoms with van der Waals surface area (Å²) in [5.74, 6) is 2.40. The summed E-state index contributed by atoms with van der Waals surface area (Å²) in [7, 11) is 0. The van der Waals surface area contributed by atoms with E-state index in [0.29, 0.717) is 24.2 Å². The van der Waals surface area contributed by atoms with Crippen molar-refractivity contribution in [3.63, 3.8) is 0 Å². The fourth-order valence-electron chi connectivity index (χ4n) is 7.34. The van der Waals surface area contributed by atoms with Gasteiger partial charge in [-0.15, -0.1) is 0 Å². The van der Waals surface area contributed by atoms with Gasteiger partial charge in [0.2, 0.25) is 0 Å². The average Bonchev–Trinajstić information content (AvgIpc) is 3.11. The number of carbonyl (C=O) groups is 2. The monoisotopic (exact) mass is 484 g/mol. The largest absolute Gasteiger partial charge is 0.462 e. The van der Waals surface area contributed by atoms with Crippen LogP contribution in [0.5, 0.6) is 0 Å². The summed E-state index contributed by atoms with van der Waals surface area (Å²) < 4.78 is 11.0. The van der Waals surface area contributed by atoms with Crippen molar-refractivity contribution in [1.29, 1.82) is 0 Å². The maximum absolute atomic E-state index is 11.6. The standard InChI is InChI=1S/C31H48O4/c1-20(2)10-8-11-21(3)28-15-16-29-25(12-9-17-31(28,29)7)13-14-26-18-27(34-23(5)32)19-30(22(26)4)35-24(6)33/h13-14,20-21,27-30H,4,8-12,15-19H2,1-3,5-7H3/b25-13?,26-14-/t21-,27+,28-,29?,30-,31-/m1/s1. The Morgan fingerprint density at radius 1 is 1.09 bits per heavy atom. The van der Waals surface area contributed by atoms with Gasteiger partial charge in [0.05, 0.1) is 0 Å². The summed E-state index contributed by atoms with van der Waals surface area (Å²) in [4.78, 5) is 23.2. The second-order valence-electron chi connectivity index (χ2n) is 12.1. The minimum Gasteiger partial charge on any atom is -0.462 e. The molecule has 0 aromatic rings. The maximum atomic E-state index is 11.6. The van der Waals surface area contributed by atoms with Crippen LogP contribution in [-0.4, -0.2) is 24.1 Å². The number of hydrogen-bond acceptors (Lipinski definition) is 4. The van der Waals surface area contributed by atoms with Crippen LogP contribution in [0.25, 0.3) is 0 Å². The van der Waals surface area contributed by atoms with Crippen LogP contribution < -0.4 is 0 Å². The summed E-state index contributed by atoms with van der Waals surface area (Å²) in [6, 6.07) is 0. The Balaban J connectivity index is 1.76. The third kappa shape index (κ3) is 6.89. The van der Waals surface area contributed by atoms with Crippen molar-refractivity contribution in [2.24, 2.45) is 29.1 Å². The molecule has 0 saturated heterocycles. The number of ether oxygens (including phenoxy) is 2. The second kappa shape index (κ2) is 11.9. The van der Waals surface area contributed by atoms with E-state index >= 15 is 0 Å². The van der Waals surface area contributed by atoms with E-state index in [1.807, 2.05) is 0 Å². The molecule has 3 fully saturated rings. The number of fused-ring (bicyclic) bond motifs is 1. The molecule has 1 unspecified atom stereocenters. The summed E-state index contributed by atoms with van der Waals surface area (Å²) in [6.45, 7) is 16.8. The van der Waals surface area contributed by atoms with Gasteiger partial charge >= 0.3 is 11.9 Å². The Morgan fingerprint density at radius 3 is 2.46 bits per heavy atom. The molecule has 0 bridgehead atoms. The van der Waals surface area contributed by atoms with Crippen LogP contribution in [0.15, 0.2) is 35.5 Å². The molecule has 0 spiro atoms. The lowest BCUT2D eigenvalue weighted by molar-refractivity contribution is -0.152. The zero-order valence-corrected chi connectivity index (χ0v) is 23.0.